The normalized spacial score (nSPS) is 18.5. The molecule has 30 heavy (non-hydrogen) atoms. The minimum absolute atomic E-state index is 0. The first-order chi connectivity index (χ1) is 14.0. The molecular formula is C23H26ClFN4O. The summed E-state index contributed by atoms with van der Waals surface area (Å²) in [6.45, 7) is 5.15. The van der Waals surface area contributed by atoms with E-state index in [2.05, 4.69) is 17.2 Å². The number of nitrogens with two attached hydrogens (primary N) is 1. The highest BCUT2D eigenvalue weighted by Gasteiger charge is 2.36. The van der Waals surface area contributed by atoms with Gasteiger partial charge in [-0.1, -0.05) is 44.2 Å². The minimum Gasteiger partial charge on any atom is -0.336 e. The van der Waals surface area contributed by atoms with E-state index >= 15 is 0 Å². The maximum Gasteiger partial charge on any atom is 0.257 e. The number of likely N-dealkylation sites (tertiary alicyclic amines) is 1. The largest absolute Gasteiger partial charge is 0.336 e. The second-order valence-electron chi connectivity index (χ2n) is 7.88. The molecule has 0 unspecified atom stereocenters. The average Bonchev–Trinajstić information content (AvgIpc) is 3.33. The van der Waals surface area contributed by atoms with E-state index in [0.717, 1.165) is 16.9 Å². The molecule has 2 atom stereocenters. The average molecular weight is 429 g/mol. The first-order valence-electron chi connectivity index (χ1n) is 9.89. The van der Waals surface area contributed by atoms with Gasteiger partial charge in [0.25, 0.3) is 5.91 Å². The number of carbonyl (C=O) groups excluding carboxylic acids is 1. The monoisotopic (exact) mass is 428 g/mol. The number of halogens is 2. The van der Waals surface area contributed by atoms with Crippen LogP contribution in [0.5, 0.6) is 0 Å². The fraction of sp³-hybridized carbons (Fsp3) is 0.304. The molecule has 1 aromatic heterocycles. The molecule has 3 aromatic rings. The van der Waals surface area contributed by atoms with E-state index in [1.54, 1.807) is 23.0 Å². The zero-order chi connectivity index (χ0) is 20.5. The van der Waals surface area contributed by atoms with Gasteiger partial charge in [-0.2, -0.15) is 5.10 Å². The number of nitrogens with zero attached hydrogens (tertiary/aromatic N) is 3. The fourth-order valence-electron chi connectivity index (χ4n) is 4.08. The number of hydrogen-bond donors (Lipinski definition) is 1. The summed E-state index contributed by atoms with van der Waals surface area (Å²) < 4.78 is 15.0. The Hall–Kier alpha value is -2.70. The summed E-state index contributed by atoms with van der Waals surface area (Å²) in [6, 6.07) is 16.1. The number of aromatic nitrogens is 2. The predicted molar refractivity (Wildman–Crippen MR) is 118 cm³/mol. The first kappa shape index (κ1) is 22.0. The molecule has 1 fully saturated rings. The van der Waals surface area contributed by atoms with Crippen LogP contribution in [0.2, 0.25) is 0 Å². The van der Waals surface area contributed by atoms with E-state index in [9.17, 15) is 9.18 Å². The van der Waals surface area contributed by atoms with Crippen LogP contribution in [0.3, 0.4) is 0 Å². The van der Waals surface area contributed by atoms with Crippen LogP contribution < -0.4 is 5.73 Å². The van der Waals surface area contributed by atoms with Gasteiger partial charge >= 0.3 is 0 Å². The van der Waals surface area contributed by atoms with Gasteiger partial charge in [0.2, 0.25) is 0 Å². The smallest absolute Gasteiger partial charge is 0.257 e. The molecule has 0 saturated carbocycles. The van der Waals surface area contributed by atoms with Gasteiger partial charge in [0, 0.05) is 25.0 Å². The van der Waals surface area contributed by atoms with Crippen molar-refractivity contribution in [1.29, 1.82) is 0 Å². The highest BCUT2D eigenvalue weighted by molar-refractivity contribution is 5.95. The van der Waals surface area contributed by atoms with Crippen LogP contribution in [0.25, 0.3) is 5.69 Å². The van der Waals surface area contributed by atoms with Gasteiger partial charge < -0.3 is 10.6 Å². The van der Waals surface area contributed by atoms with Crippen molar-refractivity contribution in [3.05, 3.63) is 83.4 Å². The molecule has 5 nitrogen and oxygen atoms in total. The van der Waals surface area contributed by atoms with E-state index < -0.39 is 0 Å². The molecule has 1 saturated heterocycles. The van der Waals surface area contributed by atoms with E-state index in [1.807, 2.05) is 36.9 Å². The number of hydrogen-bond acceptors (Lipinski definition) is 3. The Bertz CT molecular complexity index is 1000. The van der Waals surface area contributed by atoms with Crippen molar-refractivity contribution in [1.82, 2.24) is 14.7 Å². The topological polar surface area (TPSA) is 64.2 Å². The third-order valence-electron chi connectivity index (χ3n) is 5.53. The van der Waals surface area contributed by atoms with Gasteiger partial charge in [-0.05, 0) is 35.7 Å². The standard InChI is InChI=1S/C23H25FN4O.ClH/c1-15(2)22-19(12-26-28(22)18-10-8-17(24)9-11-18)23(29)27-13-20(21(25)14-27)16-6-4-3-5-7-16;/h3-12,15,20-21H,13-14,25H2,1-2H3;1H/t20-,21+;/m0./s1. The van der Waals surface area contributed by atoms with Crippen LogP contribution in [-0.4, -0.2) is 39.7 Å². The molecule has 0 spiro atoms. The quantitative estimate of drug-likeness (QED) is 0.679. The lowest BCUT2D eigenvalue weighted by atomic mass is 9.95. The molecule has 1 aliphatic rings. The summed E-state index contributed by atoms with van der Waals surface area (Å²) >= 11 is 0. The molecule has 2 N–H and O–H groups in total. The van der Waals surface area contributed by atoms with Gasteiger partial charge in [-0.25, -0.2) is 9.07 Å². The Morgan fingerprint density at radius 3 is 2.40 bits per heavy atom. The Balaban J connectivity index is 0.00000256. The van der Waals surface area contributed by atoms with Crippen LogP contribution in [0.1, 0.15) is 47.3 Å². The van der Waals surface area contributed by atoms with Gasteiger partial charge in [-0.3, -0.25) is 4.79 Å². The van der Waals surface area contributed by atoms with Crippen LogP contribution in [0.4, 0.5) is 4.39 Å². The van der Waals surface area contributed by atoms with Gasteiger partial charge in [0.05, 0.1) is 23.1 Å². The molecular weight excluding hydrogens is 403 g/mol. The highest BCUT2D eigenvalue weighted by Crippen LogP contribution is 2.30. The fourth-order valence-corrected chi connectivity index (χ4v) is 4.08. The van der Waals surface area contributed by atoms with Crippen LogP contribution in [0, 0.1) is 5.82 Å². The second-order valence-corrected chi connectivity index (χ2v) is 7.88. The van der Waals surface area contributed by atoms with Crippen LogP contribution in [0.15, 0.2) is 60.8 Å². The lowest BCUT2D eigenvalue weighted by Crippen LogP contribution is -2.32. The molecule has 2 heterocycles. The third kappa shape index (κ3) is 4.11. The first-order valence-corrected chi connectivity index (χ1v) is 9.89. The molecule has 0 radical (unpaired) electrons. The van der Waals surface area contributed by atoms with Crippen LogP contribution in [-0.2, 0) is 0 Å². The minimum atomic E-state index is -0.304. The predicted octanol–water partition coefficient (Wildman–Crippen LogP) is 4.12. The lowest BCUT2D eigenvalue weighted by Gasteiger charge is -2.18. The summed E-state index contributed by atoms with van der Waals surface area (Å²) in [7, 11) is 0. The zero-order valence-corrected chi connectivity index (χ0v) is 17.8. The Kier molecular flexibility index (Phi) is 6.58. The summed E-state index contributed by atoms with van der Waals surface area (Å²) in [5.74, 6) is -0.172. The number of carbonyl (C=O) groups is 1. The molecule has 1 amide bonds. The summed E-state index contributed by atoms with van der Waals surface area (Å²) in [4.78, 5) is 15.2. The second kappa shape index (κ2) is 8.98. The number of rotatable bonds is 4. The maximum atomic E-state index is 13.4. The van der Waals surface area contributed by atoms with Gasteiger partial charge in [0.15, 0.2) is 0 Å². The van der Waals surface area contributed by atoms with Crippen molar-refractivity contribution in [3.63, 3.8) is 0 Å². The highest BCUT2D eigenvalue weighted by atomic mass is 35.5. The molecule has 2 aromatic carbocycles. The molecule has 0 bridgehead atoms. The van der Waals surface area contributed by atoms with E-state index in [1.165, 1.54) is 12.1 Å². The SMILES string of the molecule is CC(C)c1c(C(=O)N2C[C@@H](N)[C@H](c3ccccc3)C2)cnn1-c1ccc(F)cc1.Cl. The van der Waals surface area contributed by atoms with Crippen molar-refractivity contribution in [3.8, 4) is 5.69 Å². The molecule has 4 rings (SSSR count). The third-order valence-corrected chi connectivity index (χ3v) is 5.53. The molecule has 158 valence electrons. The van der Waals surface area contributed by atoms with Gasteiger partial charge in [0.1, 0.15) is 5.82 Å². The summed E-state index contributed by atoms with van der Waals surface area (Å²) in [5, 5.41) is 4.44. The van der Waals surface area contributed by atoms with E-state index in [-0.39, 0.29) is 42.0 Å². The van der Waals surface area contributed by atoms with Crippen molar-refractivity contribution >= 4 is 18.3 Å². The Morgan fingerprint density at radius 2 is 1.77 bits per heavy atom. The van der Waals surface area contributed by atoms with Crippen LogP contribution >= 0.6 is 12.4 Å². The Labute approximate surface area is 182 Å². The summed E-state index contributed by atoms with van der Waals surface area (Å²) in [6.07, 6.45) is 1.61. The number of amides is 1. The van der Waals surface area contributed by atoms with Gasteiger partial charge in [-0.15, -0.1) is 12.4 Å². The number of benzene rings is 2. The lowest BCUT2D eigenvalue weighted by molar-refractivity contribution is 0.0787. The molecule has 0 aliphatic carbocycles. The molecule has 7 heteroatoms. The maximum absolute atomic E-state index is 13.4. The van der Waals surface area contributed by atoms with E-state index in [0.29, 0.717) is 18.7 Å². The van der Waals surface area contributed by atoms with Crippen molar-refractivity contribution in [2.75, 3.05) is 13.1 Å². The van der Waals surface area contributed by atoms with E-state index in [4.69, 9.17) is 5.73 Å². The Morgan fingerprint density at radius 1 is 1.10 bits per heavy atom. The zero-order valence-electron chi connectivity index (χ0n) is 17.0. The van der Waals surface area contributed by atoms with Crippen molar-refractivity contribution in [2.24, 2.45) is 5.73 Å². The van der Waals surface area contributed by atoms with Crippen molar-refractivity contribution in [2.45, 2.75) is 31.7 Å². The van der Waals surface area contributed by atoms with Crippen molar-refractivity contribution < 1.29 is 9.18 Å². The summed E-state index contributed by atoms with van der Waals surface area (Å²) in [5.41, 5.74) is 9.65. The molecule has 1 aliphatic heterocycles.